The van der Waals surface area contributed by atoms with Gasteiger partial charge in [-0.25, -0.2) is 0 Å². The summed E-state index contributed by atoms with van der Waals surface area (Å²) in [6, 6.07) is 0. The molecule has 0 amide bonds. The molecule has 2 N–H and O–H groups in total. The molecule has 0 aromatic rings. The summed E-state index contributed by atoms with van der Waals surface area (Å²) in [5.74, 6) is 0.876. The molecule has 0 spiro atoms. The maximum Gasteiger partial charge on any atom is 0.111 e. The van der Waals surface area contributed by atoms with Crippen LogP contribution in [0.3, 0.4) is 0 Å². The largest absolute Gasteiger partial charge is 0.508 e. The van der Waals surface area contributed by atoms with E-state index in [1.165, 1.54) is 0 Å². The zero-order chi connectivity index (χ0) is 11.1. The van der Waals surface area contributed by atoms with Gasteiger partial charge in [0.2, 0.25) is 0 Å². The van der Waals surface area contributed by atoms with Crippen molar-refractivity contribution < 1.29 is 14.9 Å². The molecule has 16 heavy (non-hydrogen) atoms. The summed E-state index contributed by atoms with van der Waals surface area (Å²) in [6.07, 6.45) is 9.90. The molecular weight excluding hydrogens is 204 g/mol. The Morgan fingerprint density at radius 3 is 3.06 bits per heavy atom. The van der Waals surface area contributed by atoms with Gasteiger partial charge >= 0.3 is 0 Å². The minimum Gasteiger partial charge on any atom is -0.508 e. The smallest absolute Gasteiger partial charge is 0.111 e. The van der Waals surface area contributed by atoms with Gasteiger partial charge in [0.25, 0.3) is 0 Å². The van der Waals surface area contributed by atoms with Gasteiger partial charge < -0.3 is 14.9 Å². The highest BCUT2D eigenvalue weighted by atomic mass is 16.5. The third-order valence-electron chi connectivity index (χ3n) is 3.84. The van der Waals surface area contributed by atoms with E-state index in [9.17, 15) is 10.2 Å². The number of hydrogen-bond donors (Lipinski definition) is 2. The minimum atomic E-state index is -0.456. The number of ether oxygens (including phenoxy) is 1. The molecular formula is C13H16O3. The topological polar surface area (TPSA) is 49.7 Å². The summed E-state index contributed by atoms with van der Waals surface area (Å²) >= 11 is 0. The van der Waals surface area contributed by atoms with Crippen molar-refractivity contribution in [3.8, 4) is 0 Å². The first kappa shape index (κ1) is 10.1. The predicted molar refractivity (Wildman–Crippen MR) is 59.8 cm³/mol. The van der Waals surface area contributed by atoms with Crippen molar-refractivity contribution in [1.29, 1.82) is 0 Å². The molecule has 0 bridgehead atoms. The van der Waals surface area contributed by atoms with Crippen molar-refractivity contribution in [2.45, 2.75) is 18.6 Å². The fraction of sp³-hybridized carbons (Fsp3) is 0.538. The summed E-state index contributed by atoms with van der Waals surface area (Å²) < 4.78 is 5.78. The molecule has 3 heteroatoms. The molecule has 1 aliphatic heterocycles. The van der Waals surface area contributed by atoms with Gasteiger partial charge in [-0.15, -0.1) is 0 Å². The van der Waals surface area contributed by atoms with Crippen molar-refractivity contribution >= 4 is 0 Å². The normalized spacial score (nSPS) is 45.8. The van der Waals surface area contributed by atoms with Crippen molar-refractivity contribution in [2.24, 2.45) is 17.8 Å². The Labute approximate surface area is 94.7 Å². The van der Waals surface area contributed by atoms with Crippen LogP contribution in [0, 0.1) is 17.8 Å². The molecule has 3 aliphatic rings. The Balaban J connectivity index is 1.92. The van der Waals surface area contributed by atoms with E-state index in [0.717, 1.165) is 6.42 Å². The Morgan fingerprint density at radius 1 is 1.31 bits per heavy atom. The average molecular weight is 220 g/mol. The van der Waals surface area contributed by atoms with Crippen LogP contribution in [-0.2, 0) is 4.74 Å². The molecule has 0 aromatic carbocycles. The monoisotopic (exact) mass is 220 g/mol. The number of aliphatic hydroxyl groups excluding tert-OH is 2. The second-order valence-corrected chi connectivity index (χ2v) is 4.80. The SMILES string of the molecule is OC1=CC2C(C=C1)COC1CC=CC(O)C12. The molecule has 0 saturated carbocycles. The highest BCUT2D eigenvalue weighted by molar-refractivity contribution is 5.23. The lowest BCUT2D eigenvalue weighted by atomic mass is 9.70. The van der Waals surface area contributed by atoms with Crippen LogP contribution in [0.25, 0.3) is 0 Å². The van der Waals surface area contributed by atoms with E-state index in [0.29, 0.717) is 18.3 Å². The molecule has 86 valence electrons. The van der Waals surface area contributed by atoms with E-state index in [1.807, 2.05) is 24.3 Å². The van der Waals surface area contributed by atoms with Gasteiger partial charge in [0.1, 0.15) is 5.76 Å². The molecule has 0 radical (unpaired) electrons. The molecule has 0 aromatic heterocycles. The molecule has 3 nitrogen and oxygen atoms in total. The van der Waals surface area contributed by atoms with Crippen molar-refractivity contribution in [3.05, 3.63) is 36.1 Å². The lowest BCUT2D eigenvalue weighted by molar-refractivity contribution is -0.102. The number of fused-ring (bicyclic) bond motifs is 3. The predicted octanol–water partition coefficient (Wildman–Crippen LogP) is 1.57. The maximum atomic E-state index is 10.0. The highest BCUT2D eigenvalue weighted by Crippen LogP contribution is 2.41. The lowest BCUT2D eigenvalue weighted by Crippen LogP contribution is -2.48. The number of allylic oxidation sites excluding steroid dienone is 2. The van der Waals surface area contributed by atoms with Crippen LogP contribution in [0.15, 0.2) is 36.1 Å². The van der Waals surface area contributed by atoms with Crippen LogP contribution in [-0.4, -0.2) is 29.0 Å². The van der Waals surface area contributed by atoms with E-state index in [-0.39, 0.29) is 17.9 Å². The first-order valence-corrected chi connectivity index (χ1v) is 5.81. The van der Waals surface area contributed by atoms with E-state index in [1.54, 1.807) is 6.08 Å². The molecule has 5 atom stereocenters. The van der Waals surface area contributed by atoms with E-state index >= 15 is 0 Å². The summed E-state index contributed by atoms with van der Waals surface area (Å²) in [6.45, 7) is 0.687. The van der Waals surface area contributed by atoms with Crippen LogP contribution in [0.5, 0.6) is 0 Å². The zero-order valence-electron chi connectivity index (χ0n) is 8.99. The first-order chi connectivity index (χ1) is 7.75. The second-order valence-electron chi connectivity index (χ2n) is 4.80. The van der Waals surface area contributed by atoms with Gasteiger partial charge in [-0.2, -0.15) is 0 Å². The summed E-state index contributed by atoms with van der Waals surface area (Å²) in [7, 11) is 0. The third-order valence-corrected chi connectivity index (χ3v) is 3.84. The van der Waals surface area contributed by atoms with Crippen molar-refractivity contribution in [2.75, 3.05) is 6.61 Å². The summed E-state index contributed by atoms with van der Waals surface area (Å²) in [4.78, 5) is 0. The fourth-order valence-corrected chi connectivity index (χ4v) is 3.04. The molecule has 1 heterocycles. The van der Waals surface area contributed by atoms with Gasteiger partial charge in [0.05, 0.1) is 18.8 Å². The second kappa shape index (κ2) is 3.75. The average Bonchev–Trinajstić information content (AvgIpc) is 2.28. The van der Waals surface area contributed by atoms with Gasteiger partial charge in [0, 0.05) is 11.8 Å². The van der Waals surface area contributed by atoms with Gasteiger partial charge in [-0.3, -0.25) is 0 Å². The highest BCUT2D eigenvalue weighted by Gasteiger charge is 2.43. The fourth-order valence-electron chi connectivity index (χ4n) is 3.04. The summed E-state index contributed by atoms with van der Waals surface area (Å²) in [5, 5.41) is 19.6. The Morgan fingerprint density at radius 2 is 2.19 bits per heavy atom. The van der Waals surface area contributed by atoms with Crippen molar-refractivity contribution in [1.82, 2.24) is 0 Å². The van der Waals surface area contributed by atoms with Crippen LogP contribution in [0.1, 0.15) is 6.42 Å². The minimum absolute atomic E-state index is 0.0795. The maximum absolute atomic E-state index is 10.0. The molecule has 1 saturated heterocycles. The quantitative estimate of drug-likeness (QED) is 0.609. The van der Waals surface area contributed by atoms with Crippen LogP contribution in [0.4, 0.5) is 0 Å². The zero-order valence-corrected chi connectivity index (χ0v) is 8.99. The van der Waals surface area contributed by atoms with Gasteiger partial charge in [-0.1, -0.05) is 18.2 Å². The Hall–Kier alpha value is -1.06. The molecule has 1 fully saturated rings. The van der Waals surface area contributed by atoms with Gasteiger partial charge in [0.15, 0.2) is 0 Å². The summed E-state index contributed by atoms with van der Waals surface area (Å²) in [5.41, 5.74) is 0. The Kier molecular flexibility index (Phi) is 2.37. The molecule has 2 aliphatic carbocycles. The number of hydrogen-bond acceptors (Lipinski definition) is 3. The number of rotatable bonds is 0. The third kappa shape index (κ3) is 1.51. The standard InChI is InChI=1S/C13H16O3/c14-9-5-4-8-7-16-12-3-1-2-11(15)13(12)10(8)6-9/h1-2,4-6,8,10-15H,3,7H2. The van der Waals surface area contributed by atoms with Crippen LogP contribution in [0.2, 0.25) is 0 Å². The number of aliphatic hydroxyl groups is 2. The van der Waals surface area contributed by atoms with E-state index in [2.05, 4.69) is 0 Å². The van der Waals surface area contributed by atoms with Gasteiger partial charge in [-0.05, 0) is 24.5 Å². The van der Waals surface area contributed by atoms with Crippen LogP contribution >= 0.6 is 0 Å². The lowest BCUT2D eigenvalue weighted by Gasteiger charge is -2.44. The Bertz CT molecular complexity index is 369. The van der Waals surface area contributed by atoms with Crippen LogP contribution < -0.4 is 0 Å². The molecule has 5 unspecified atom stereocenters. The van der Waals surface area contributed by atoms with E-state index < -0.39 is 6.10 Å². The molecule has 3 rings (SSSR count). The van der Waals surface area contributed by atoms with E-state index in [4.69, 9.17) is 4.74 Å². The first-order valence-electron chi connectivity index (χ1n) is 5.81. The van der Waals surface area contributed by atoms with Crippen molar-refractivity contribution in [3.63, 3.8) is 0 Å².